The van der Waals surface area contributed by atoms with E-state index in [0.717, 1.165) is 6.42 Å². The third kappa shape index (κ3) is 3.89. The van der Waals surface area contributed by atoms with Gasteiger partial charge in [0.05, 0.1) is 0 Å². The van der Waals surface area contributed by atoms with Gasteiger partial charge in [0.1, 0.15) is 6.61 Å². The normalized spacial score (nSPS) is 10.3. The van der Waals surface area contributed by atoms with Crippen molar-refractivity contribution in [3.05, 3.63) is 17.5 Å². The molecule has 0 bridgehead atoms. The van der Waals surface area contributed by atoms with Crippen molar-refractivity contribution in [1.29, 1.82) is 0 Å². The number of halogens is 1. The summed E-state index contributed by atoms with van der Waals surface area (Å²) < 4.78 is 9.71. The molecule has 0 aliphatic heterocycles. The number of nitrogens with one attached hydrogen (secondary N) is 1. The Morgan fingerprint density at radius 1 is 1.73 bits per heavy atom. The first-order valence-corrected chi connectivity index (χ1v) is 5.10. The van der Waals surface area contributed by atoms with Gasteiger partial charge in [0, 0.05) is 25.6 Å². The molecule has 0 aliphatic carbocycles. The zero-order valence-electron chi connectivity index (χ0n) is 8.46. The third-order valence-electron chi connectivity index (χ3n) is 1.67. The molecule has 0 saturated carbocycles. The van der Waals surface area contributed by atoms with Gasteiger partial charge >= 0.3 is 0 Å². The number of ether oxygens (including phenoxy) is 1. The molecule has 1 aromatic heterocycles. The number of rotatable bonds is 6. The van der Waals surface area contributed by atoms with Gasteiger partial charge in [-0.2, -0.15) is 0 Å². The van der Waals surface area contributed by atoms with Crippen molar-refractivity contribution in [2.45, 2.75) is 13.0 Å². The summed E-state index contributed by atoms with van der Waals surface area (Å²) in [6.45, 7) is 0.844. The molecule has 0 aliphatic rings. The summed E-state index contributed by atoms with van der Waals surface area (Å²) in [6.07, 6.45) is 0.732. The molecule has 0 fully saturated rings. The fourth-order valence-corrected chi connectivity index (χ4v) is 1.12. The van der Waals surface area contributed by atoms with Gasteiger partial charge in [0.25, 0.3) is 5.91 Å². The maximum atomic E-state index is 11.4. The fourth-order valence-electron chi connectivity index (χ4n) is 0.990. The van der Waals surface area contributed by atoms with Gasteiger partial charge in [-0.15, -0.1) is 11.6 Å². The molecule has 0 aromatic carbocycles. The lowest BCUT2D eigenvalue weighted by Crippen LogP contribution is -2.24. The Bertz CT molecular complexity index is 314. The molecule has 0 radical (unpaired) electrons. The van der Waals surface area contributed by atoms with Crippen molar-refractivity contribution in [2.75, 3.05) is 19.5 Å². The summed E-state index contributed by atoms with van der Waals surface area (Å²) in [5.41, 5.74) is 0.261. The number of carbonyl (C=O) groups is 1. The quantitative estimate of drug-likeness (QED) is 0.591. The molecular formula is C9H13ClN2O3. The zero-order valence-corrected chi connectivity index (χ0v) is 9.21. The number of alkyl halides is 1. The highest BCUT2D eigenvalue weighted by Gasteiger charge is 2.11. The monoisotopic (exact) mass is 232 g/mol. The Labute approximate surface area is 92.7 Å². The van der Waals surface area contributed by atoms with Crippen LogP contribution in [0.3, 0.4) is 0 Å². The highest BCUT2D eigenvalue weighted by atomic mass is 35.5. The summed E-state index contributed by atoms with van der Waals surface area (Å²) in [5.74, 6) is 0.791. The standard InChI is InChI=1S/C9H13ClN2O3/c1-14-6-7-5-8(12-15-7)9(13)11-4-2-3-10/h5H,2-4,6H2,1H3,(H,11,13). The van der Waals surface area contributed by atoms with Gasteiger partial charge in [-0.05, 0) is 6.42 Å². The van der Waals surface area contributed by atoms with E-state index in [-0.39, 0.29) is 11.6 Å². The van der Waals surface area contributed by atoms with Gasteiger partial charge in [-0.25, -0.2) is 0 Å². The minimum Gasteiger partial charge on any atom is -0.377 e. The van der Waals surface area contributed by atoms with Crippen LogP contribution in [0.15, 0.2) is 10.6 Å². The van der Waals surface area contributed by atoms with E-state index in [0.29, 0.717) is 24.8 Å². The molecule has 5 nitrogen and oxygen atoms in total. The minimum absolute atomic E-state index is 0.258. The first kappa shape index (κ1) is 12.0. The van der Waals surface area contributed by atoms with Crippen molar-refractivity contribution in [3.63, 3.8) is 0 Å². The van der Waals surface area contributed by atoms with Crippen LogP contribution in [0.2, 0.25) is 0 Å². The minimum atomic E-state index is -0.258. The summed E-state index contributed by atoms with van der Waals surface area (Å²) in [6, 6.07) is 1.56. The Hall–Kier alpha value is -1.07. The SMILES string of the molecule is COCc1cc(C(=O)NCCCCl)no1. The van der Waals surface area contributed by atoms with Gasteiger partial charge < -0.3 is 14.6 Å². The maximum Gasteiger partial charge on any atom is 0.273 e. The number of hydrogen-bond acceptors (Lipinski definition) is 4. The van der Waals surface area contributed by atoms with Crippen molar-refractivity contribution in [1.82, 2.24) is 10.5 Å². The molecule has 0 unspecified atom stereocenters. The van der Waals surface area contributed by atoms with E-state index < -0.39 is 0 Å². The van der Waals surface area contributed by atoms with Crippen LogP contribution >= 0.6 is 11.6 Å². The van der Waals surface area contributed by atoms with E-state index in [1.165, 1.54) is 0 Å². The van der Waals surface area contributed by atoms with Gasteiger partial charge in [-0.1, -0.05) is 5.16 Å². The van der Waals surface area contributed by atoms with E-state index in [1.807, 2.05) is 0 Å². The van der Waals surface area contributed by atoms with Crippen LogP contribution in [0.1, 0.15) is 22.7 Å². The van der Waals surface area contributed by atoms with Crippen molar-refractivity contribution in [2.24, 2.45) is 0 Å². The Kier molecular flexibility index (Phi) is 5.14. The second kappa shape index (κ2) is 6.42. The molecule has 1 amide bonds. The molecule has 6 heteroatoms. The topological polar surface area (TPSA) is 64.4 Å². The van der Waals surface area contributed by atoms with Crippen LogP contribution in [0.5, 0.6) is 0 Å². The van der Waals surface area contributed by atoms with Gasteiger partial charge in [-0.3, -0.25) is 4.79 Å². The first-order valence-electron chi connectivity index (χ1n) is 4.56. The van der Waals surface area contributed by atoms with Gasteiger partial charge in [0.15, 0.2) is 11.5 Å². The molecule has 0 atom stereocenters. The molecule has 1 aromatic rings. The summed E-state index contributed by atoms with van der Waals surface area (Å²) in [4.78, 5) is 11.4. The van der Waals surface area contributed by atoms with Gasteiger partial charge in [0.2, 0.25) is 0 Å². The zero-order chi connectivity index (χ0) is 11.1. The molecule has 1 rings (SSSR count). The molecular weight excluding hydrogens is 220 g/mol. The Morgan fingerprint density at radius 2 is 2.53 bits per heavy atom. The summed E-state index contributed by atoms with van der Waals surface area (Å²) in [5, 5.41) is 6.28. The summed E-state index contributed by atoms with van der Waals surface area (Å²) in [7, 11) is 1.54. The van der Waals surface area contributed by atoms with Crippen LogP contribution in [-0.4, -0.2) is 30.6 Å². The largest absolute Gasteiger partial charge is 0.377 e. The van der Waals surface area contributed by atoms with E-state index >= 15 is 0 Å². The predicted molar refractivity (Wildman–Crippen MR) is 54.9 cm³/mol. The molecule has 0 spiro atoms. The number of carbonyl (C=O) groups excluding carboxylic acids is 1. The molecule has 0 saturated heterocycles. The lowest BCUT2D eigenvalue weighted by molar-refractivity contribution is 0.0944. The lowest BCUT2D eigenvalue weighted by atomic mass is 10.3. The lowest BCUT2D eigenvalue weighted by Gasteiger charge is -1.98. The second-order valence-corrected chi connectivity index (χ2v) is 3.29. The van der Waals surface area contributed by atoms with Crippen LogP contribution in [0, 0.1) is 0 Å². The smallest absolute Gasteiger partial charge is 0.273 e. The maximum absolute atomic E-state index is 11.4. The number of amides is 1. The van der Waals surface area contributed by atoms with Crippen LogP contribution in [0.4, 0.5) is 0 Å². The van der Waals surface area contributed by atoms with E-state index in [4.69, 9.17) is 20.9 Å². The van der Waals surface area contributed by atoms with Crippen LogP contribution in [-0.2, 0) is 11.3 Å². The highest BCUT2D eigenvalue weighted by molar-refractivity contribution is 6.17. The predicted octanol–water partition coefficient (Wildman–Crippen LogP) is 1.18. The molecule has 1 N–H and O–H groups in total. The van der Waals surface area contributed by atoms with Crippen molar-refractivity contribution in [3.8, 4) is 0 Å². The van der Waals surface area contributed by atoms with E-state index in [2.05, 4.69) is 10.5 Å². The second-order valence-electron chi connectivity index (χ2n) is 2.91. The van der Waals surface area contributed by atoms with Crippen molar-refractivity contribution >= 4 is 17.5 Å². The molecule has 84 valence electrons. The summed E-state index contributed by atoms with van der Waals surface area (Å²) >= 11 is 5.47. The first-order chi connectivity index (χ1) is 7.27. The Morgan fingerprint density at radius 3 is 3.20 bits per heavy atom. The third-order valence-corrected chi connectivity index (χ3v) is 1.94. The average Bonchev–Trinajstić information content (AvgIpc) is 2.67. The highest BCUT2D eigenvalue weighted by Crippen LogP contribution is 2.04. The van der Waals surface area contributed by atoms with Crippen LogP contribution in [0.25, 0.3) is 0 Å². The molecule has 1 heterocycles. The van der Waals surface area contributed by atoms with E-state index in [9.17, 15) is 4.79 Å². The van der Waals surface area contributed by atoms with Crippen LogP contribution < -0.4 is 5.32 Å². The number of nitrogens with zero attached hydrogens (tertiary/aromatic N) is 1. The number of hydrogen-bond donors (Lipinski definition) is 1. The average molecular weight is 233 g/mol. The van der Waals surface area contributed by atoms with E-state index in [1.54, 1.807) is 13.2 Å². The molecule has 15 heavy (non-hydrogen) atoms. The number of methoxy groups -OCH3 is 1. The number of aromatic nitrogens is 1. The van der Waals surface area contributed by atoms with Crippen molar-refractivity contribution < 1.29 is 14.1 Å². The fraction of sp³-hybridized carbons (Fsp3) is 0.556. The Balaban J connectivity index is 2.43.